The van der Waals surface area contributed by atoms with Crippen LogP contribution in [0, 0.1) is 5.92 Å². The molecule has 0 N–H and O–H groups in total. The number of halogens is 1. The molecule has 0 atom stereocenters. The van der Waals surface area contributed by atoms with Gasteiger partial charge < -0.3 is 9.64 Å². The van der Waals surface area contributed by atoms with Crippen LogP contribution in [0.2, 0.25) is 5.02 Å². The summed E-state index contributed by atoms with van der Waals surface area (Å²) < 4.78 is 5.48. The minimum Gasteiger partial charge on any atom is -0.377 e. The first-order chi connectivity index (χ1) is 9.70. The van der Waals surface area contributed by atoms with E-state index in [2.05, 4.69) is 6.58 Å². The monoisotopic (exact) mass is 293 g/mol. The molecule has 1 heterocycles. The van der Waals surface area contributed by atoms with Gasteiger partial charge in [0.2, 0.25) is 0 Å². The molecule has 1 aromatic rings. The molecule has 0 bridgehead atoms. The van der Waals surface area contributed by atoms with Gasteiger partial charge >= 0.3 is 0 Å². The topological polar surface area (TPSA) is 29.5 Å². The highest BCUT2D eigenvalue weighted by atomic mass is 35.5. The third-order valence-electron chi connectivity index (χ3n) is 3.58. The van der Waals surface area contributed by atoms with Crippen molar-refractivity contribution in [2.75, 3.05) is 26.3 Å². The summed E-state index contributed by atoms with van der Waals surface area (Å²) in [6.45, 7) is 6.58. The number of amides is 1. The van der Waals surface area contributed by atoms with Crippen LogP contribution in [0.1, 0.15) is 23.2 Å². The van der Waals surface area contributed by atoms with Crippen molar-refractivity contribution in [1.82, 2.24) is 4.90 Å². The minimum atomic E-state index is 0.0899. The lowest BCUT2D eigenvalue weighted by Crippen LogP contribution is -2.39. The average Bonchev–Trinajstić information content (AvgIpc) is 2.48. The van der Waals surface area contributed by atoms with Gasteiger partial charge in [0.25, 0.3) is 5.91 Å². The Hall–Kier alpha value is -1.32. The van der Waals surface area contributed by atoms with Crippen LogP contribution in [0.4, 0.5) is 0 Å². The molecule has 1 aromatic carbocycles. The van der Waals surface area contributed by atoms with Gasteiger partial charge in [0.1, 0.15) is 0 Å². The highest BCUT2D eigenvalue weighted by molar-refractivity contribution is 6.30. The van der Waals surface area contributed by atoms with Crippen molar-refractivity contribution in [2.45, 2.75) is 12.8 Å². The van der Waals surface area contributed by atoms with E-state index in [4.69, 9.17) is 16.3 Å². The Bertz CT molecular complexity index is 450. The summed E-state index contributed by atoms with van der Waals surface area (Å²) in [6, 6.07) is 7.07. The van der Waals surface area contributed by atoms with E-state index in [-0.39, 0.29) is 5.91 Å². The predicted octanol–water partition coefficient (Wildman–Crippen LogP) is 3.39. The Morgan fingerprint density at radius 3 is 2.60 bits per heavy atom. The molecule has 4 heteroatoms. The fraction of sp³-hybridized carbons (Fsp3) is 0.438. The van der Waals surface area contributed by atoms with Gasteiger partial charge in [-0.15, -0.1) is 6.58 Å². The van der Waals surface area contributed by atoms with Crippen molar-refractivity contribution < 1.29 is 9.53 Å². The van der Waals surface area contributed by atoms with Crippen LogP contribution in [-0.4, -0.2) is 37.1 Å². The van der Waals surface area contributed by atoms with Gasteiger partial charge in [-0.2, -0.15) is 0 Å². The number of hydrogen-bond donors (Lipinski definition) is 0. The number of piperidine rings is 1. The number of carbonyl (C=O) groups is 1. The zero-order valence-electron chi connectivity index (χ0n) is 11.6. The molecule has 1 aliphatic heterocycles. The van der Waals surface area contributed by atoms with E-state index in [1.54, 1.807) is 30.3 Å². The van der Waals surface area contributed by atoms with Crippen LogP contribution in [0.3, 0.4) is 0 Å². The Morgan fingerprint density at radius 2 is 2.00 bits per heavy atom. The molecular formula is C16H20ClNO2. The van der Waals surface area contributed by atoms with Crippen molar-refractivity contribution in [3.8, 4) is 0 Å². The van der Waals surface area contributed by atoms with Gasteiger partial charge in [0.15, 0.2) is 0 Å². The Balaban J connectivity index is 1.82. The summed E-state index contributed by atoms with van der Waals surface area (Å²) in [7, 11) is 0. The Labute approximate surface area is 125 Å². The molecule has 0 radical (unpaired) electrons. The van der Waals surface area contributed by atoms with Crippen LogP contribution in [0.15, 0.2) is 36.9 Å². The van der Waals surface area contributed by atoms with E-state index in [0.717, 1.165) is 32.5 Å². The average molecular weight is 294 g/mol. The normalized spacial score (nSPS) is 16.1. The summed E-state index contributed by atoms with van der Waals surface area (Å²) in [5.41, 5.74) is 0.704. The lowest BCUT2D eigenvalue weighted by molar-refractivity contribution is 0.0575. The van der Waals surface area contributed by atoms with Gasteiger partial charge in [-0.25, -0.2) is 0 Å². The number of ether oxygens (including phenoxy) is 1. The molecule has 1 aliphatic rings. The number of nitrogens with zero attached hydrogens (tertiary/aromatic N) is 1. The molecule has 1 fully saturated rings. The summed E-state index contributed by atoms with van der Waals surface area (Å²) in [4.78, 5) is 14.2. The van der Waals surface area contributed by atoms with Crippen LogP contribution < -0.4 is 0 Å². The maximum atomic E-state index is 12.3. The second-order valence-electron chi connectivity index (χ2n) is 5.07. The number of benzene rings is 1. The van der Waals surface area contributed by atoms with Crippen molar-refractivity contribution in [3.63, 3.8) is 0 Å². The molecular weight excluding hydrogens is 274 g/mol. The first-order valence-corrected chi connectivity index (χ1v) is 7.32. The van der Waals surface area contributed by atoms with Crippen LogP contribution in [-0.2, 0) is 4.74 Å². The van der Waals surface area contributed by atoms with Crippen LogP contribution in [0.5, 0.6) is 0 Å². The van der Waals surface area contributed by atoms with E-state index >= 15 is 0 Å². The first-order valence-electron chi connectivity index (χ1n) is 6.94. The van der Waals surface area contributed by atoms with E-state index < -0.39 is 0 Å². The summed E-state index contributed by atoms with van der Waals surface area (Å²) in [6.07, 6.45) is 3.76. The molecule has 0 spiro atoms. The summed E-state index contributed by atoms with van der Waals surface area (Å²) >= 11 is 5.84. The number of likely N-dealkylation sites (tertiary alicyclic amines) is 1. The molecule has 1 saturated heterocycles. The molecule has 2 rings (SSSR count). The molecule has 0 unspecified atom stereocenters. The van der Waals surface area contributed by atoms with E-state index in [9.17, 15) is 4.79 Å². The SMILES string of the molecule is C=CCOCC1CCN(C(=O)c2ccc(Cl)cc2)CC1. The first kappa shape index (κ1) is 15.1. The van der Waals surface area contributed by atoms with Gasteiger partial charge in [-0.05, 0) is 43.0 Å². The number of hydrogen-bond acceptors (Lipinski definition) is 2. The van der Waals surface area contributed by atoms with Crippen LogP contribution in [0.25, 0.3) is 0 Å². The number of rotatable bonds is 5. The quantitative estimate of drug-likeness (QED) is 0.615. The van der Waals surface area contributed by atoms with Gasteiger partial charge in [-0.3, -0.25) is 4.79 Å². The van der Waals surface area contributed by atoms with Gasteiger partial charge in [0.05, 0.1) is 6.61 Å². The zero-order valence-corrected chi connectivity index (χ0v) is 12.3. The standard InChI is InChI=1S/C16H20ClNO2/c1-2-11-20-12-13-7-9-18(10-8-13)16(19)14-3-5-15(17)6-4-14/h2-6,13H,1,7-12H2. The number of carbonyl (C=O) groups excluding carboxylic acids is 1. The molecule has 108 valence electrons. The predicted molar refractivity (Wildman–Crippen MR) is 81.1 cm³/mol. The lowest BCUT2D eigenvalue weighted by Gasteiger charge is -2.31. The second kappa shape index (κ2) is 7.46. The van der Waals surface area contributed by atoms with Crippen molar-refractivity contribution in [3.05, 3.63) is 47.5 Å². The third-order valence-corrected chi connectivity index (χ3v) is 3.83. The molecule has 0 saturated carbocycles. The summed E-state index contributed by atoms with van der Waals surface area (Å²) in [5, 5.41) is 0.652. The second-order valence-corrected chi connectivity index (χ2v) is 5.51. The molecule has 0 aliphatic carbocycles. The van der Waals surface area contributed by atoms with E-state index in [1.165, 1.54) is 0 Å². The summed E-state index contributed by atoms with van der Waals surface area (Å²) in [5.74, 6) is 0.636. The highest BCUT2D eigenvalue weighted by Crippen LogP contribution is 2.20. The maximum absolute atomic E-state index is 12.3. The lowest BCUT2D eigenvalue weighted by atomic mass is 9.97. The van der Waals surface area contributed by atoms with Crippen LogP contribution >= 0.6 is 11.6 Å². The molecule has 1 amide bonds. The third kappa shape index (κ3) is 4.09. The molecule has 0 aromatic heterocycles. The maximum Gasteiger partial charge on any atom is 0.253 e. The fourth-order valence-electron chi connectivity index (χ4n) is 2.40. The van der Waals surface area contributed by atoms with Gasteiger partial charge in [0, 0.05) is 30.3 Å². The minimum absolute atomic E-state index is 0.0899. The highest BCUT2D eigenvalue weighted by Gasteiger charge is 2.23. The van der Waals surface area contributed by atoms with Crippen molar-refractivity contribution >= 4 is 17.5 Å². The largest absolute Gasteiger partial charge is 0.377 e. The Morgan fingerprint density at radius 1 is 1.35 bits per heavy atom. The van der Waals surface area contributed by atoms with E-state index in [1.807, 2.05) is 4.90 Å². The van der Waals surface area contributed by atoms with Gasteiger partial charge in [-0.1, -0.05) is 17.7 Å². The van der Waals surface area contributed by atoms with Crippen molar-refractivity contribution in [1.29, 1.82) is 0 Å². The Kier molecular flexibility index (Phi) is 5.62. The smallest absolute Gasteiger partial charge is 0.253 e. The zero-order chi connectivity index (χ0) is 14.4. The fourth-order valence-corrected chi connectivity index (χ4v) is 2.52. The van der Waals surface area contributed by atoms with Crippen molar-refractivity contribution in [2.24, 2.45) is 5.92 Å². The van der Waals surface area contributed by atoms with E-state index in [0.29, 0.717) is 23.1 Å². The molecule has 20 heavy (non-hydrogen) atoms. The molecule has 3 nitrogen and oxygen atoms in total.